The molecule has 1 aromatic rings. The van der Waals surface area contributed by atoms with Gasteiger partial charge in [-0.1, -0.05) is 0 Å². The van der Waals surface area contributed by atoms with Crippen LogP contribution in [0.2, 0.25) is 0 Å². The number of amides is 2. The van der Waals surface area contributed by atoms with E-state index >= 15 is 0 Å². The van der Waals surface area contributed by atoms with Crippen LogP contribution in [0, 0.1) is 0 Å². The minimum atomic E-state index is -0.266. The lowest BCUT2D eigenvalue weighted by molar-refractivity contribution is -0.120. The van der Waals surface area contributed by atoms with Crippen molar-refractivity contribution in [2.75, 3.05) is 18.5 Å². The van der Waals surface area contributed by atoms with E-state index in [9.17, 15) is 9.59 Å². The molecule has 0 saturated carbocycles. The zero-order valence-electron chi connectivity index (χ0n) is 10.2. The highest BCUT2D eigenvalue weighted by Gasteiger charge is 2.07. The molecule has 1 rings (SSSR count). The van der Waals surface area contributed by atoms with E-state index < -0.39 is 0 Å². The van der Waals surface area contributed by atoms with Crippen LogP contribution in [0.4, 0.5) is 5.82 Å². The second-order valence-electron chi connectivity index (χ2n) is 3.53. The van der Waals surface area contributed by atoms with Gasteiger partial charge in [0.2, 0.25) is 5.91 Å². The first-order valence-corrected chi connectivity index (χ1v) is 5.65. The Morgan fingerprint density at radius 3 is 2.83 bits per heavy atom. The second-order valence-corrected chi connectivity index (χ2v) is 3.53. The molecule has 7 heteroatoms. The Morgan fingerprint density at radius 1 is 1.39 bits per heavy atom. The van der Waals surface area contributed by atoms with Crippen LogP contribution < -0.4 is 21.9 Å². The molecule has 98 valence electrons. The number of pyridine rings is 1. The van der Waals surface area contributed by atoms with Gasteiger partial charge in [0.1, 0.15) is 5.82 Å². The summed E-state index contributed by atoms with van der Waals surface area (Å²) in [4.78, 5) is 26.8. The third kappa shape index (κ3) is 4.38. The summed E-state index contributed by atoms with van der Waals surface area (Å²) in [5.41, 5.74) is 2.80. The van der Waals surface area contributed by atoms with E-state index in [1.165, 1.54) is 12.3 Å². The minimum Gasteiger partial charge on any atom is -0.356 e. The topological polar surface area (TPSA) is 109 Å². The van der Waals surface area contributed by atoms with Gasteiger partial charge in [-0.2, -0.15) is 0 Å². The van der Waals surface area contributed by atoms with Crippen LogP contribution in [0.15, 0.2) is 18.3 Å². The lowest BCUT2D eigenvalue weighted by Crippen LogP contribution is -2.30. The Bertz CT molecular complexity index is 422. The maximum atomic E-state index is 11.7. The van der Waals surface area contributed by atoms with Crippen molar-refractivity contribution in [3.63, 3.8) is 0 Å². The molecule has 0 aliphatic rings. The monoisotopic (exact) mass is 251 g/mol. The van der Waals surface area contributed by atoms with Gasteiger partial charge in [-0.15, -0.1) is 0 Å². The van der Waals surface area contributed by atoms with Crippen LogP contribution in [0.1, 0.15) is 23.7 Å². The van der Waals surface area contributed by atoms with Gasteiger partial charge in [0, 0.05) is 31.3 Å². The molecule has 18 heavy (non-hydrogen) atoms. The molecule has 0 atom stereocenters. The third-order valence-corrected chi connectivity index (χ3v) is 2.18. The number of carbonyl (C=O) groups excluding carboxylic acids is 2. The van der Waals surface area contributed by atoms with Gasteiger partial charge >= 0.3 is 0 Å². The molecule has 5 N–H and O–H groups in total. The molecule has 0 saturated heterocycles. The van der Waals surface area contributed by atoms with Gasteiger partial charge in [-0.25, -0.2) is 10.8 Å². The number of carbonyl (C=O) groups is 2. The molecule has 1 heterocycles. The standard InChI is InChI=1S/C11H17N5O2/c1-2-13-10(17)4-6-15-11(18)8-3-5-14-9(7-8)16-12/h3,5,7H,2,4,6,12H2,1H3,(H,13,17)(H,14,16)(H,15,18). The van der Waals surface area contributed by atoms with Crippen molar-refractivity contribution < 1.29 is 9.59 Å². The Hall–Kier alpha value is -2.15. The van der Waals surface area contributed by atoms with Crippen LogP contribution in [-0.4, -0.2) is 29.9 Å². The number of hydrogen-bond donors (Lipinski definition) is 4. The Kier molecular flexibility index (Phi) is 5.59. The fourth-order valence-corrected chi connectivity index (χ4v) is 1.33. The van der Waals surface area contributed by atoms with Gasteiger partial charge in [-0.05, 0) is 19.1 Å². The van der Waals surface area contributed by atoms with Crippen molar-refractivity contribution in [3.8, 4) is 0 Å². The first kappa shape index (κ1) is 13.9. The molecule has 1 aromatic heterocycles. The van der Waals surface area contributed by atoms with Crippen molar-refractivity contribution in [1.82, 2.24) is 15.6 Å². The van der Waals surface area contributed by atoms with Gasteiger partial charge in [-0.3, -0.25) is 9.59 Å². The lowest BCUT2D eigenvalue weighted by Gasteiger charge is -2.06. The predicted octanol–water partition coefficient (Wildman–Crippen LogP) is -0.377. The number of nitrogens with two attached hydrogens (primary N) is 1. The quantitative estimate of drug-likeness (QED) is 0.407. The van der Waals surface area contributed by atoms with E-state index in [0.717, 1.165) is 0 Å². The summed E-state index contributed by atoms with van der Waals surface area (Å²) >= 11 is 0. The number of rotatable bonds is 6. The molecule has 0 aliphatic heterocycles. The zero-order chi connectivity index (χ0) is 13.4. The molecule has 7 nitrogen and oxygen atoms in total. The molecule has 2 amide bonds. The van der Waals surface area contributed by atoms with Gasteiger partial charge in [0.15, 0.2) is 0 Å². The van der Waals surface area contributed by atoms with E-state index in [1.807, 2.05) is 6.92 Å². The highest BCUT2D eigenvalue weighted by Crippen LogP contribution is 2.04. The largest absolute Gasteiger partial charge is 0.356 e. The van der Waals surface area contributed by atoms with E-state index in [1.54, 1.807) is 6.07 Å². The minimum absolute atomic E-state index is 0.0863. The highest BCUT2D eigenvalue weighted by atomic mass is 16.2. The number of nitrogens with zero attached hydrogens (tertiary/aromatic N) is 1. The molecule has 0 aromatic carbocycles. The smallest absolute Gasteiger partial charge is 0.251 e. The molecule has 0 spiro atoms. The average Bonchev–Trinajstić information content (AvgIpc) is 2.39. The van der Waals surface area contributed by atoms with Crippen LogP contribution in [-0.2, 0) is 4.79 Å². The van der Waals surface area contributed by atoms with Crippen molar-refractivity contribution in [2.45, 2.75) is 13.3 Å². The van der Waals surface area contributed by atoms with E-state index in [0.29, 0.717) is 24.5 Å². The first-order valence-electron chi connectivity index (χ1n) is 5.65. The van der Waals surface area contributed by atoms with Gasteiger partial charge in [0.25, 0.3) is 5.91 Å². The SMILES string of the molecule is CCNC(=O)CCNC(=O)c1ccnc(NN)c1. The third-order valence-electron chi connectivity index (χ3n) is 2.18. The number of hydrazine groups is 1. The van der Waals surface area contributed by atoms with Crippen molar-refractivity contribution in [2.24, 2.45) is 5.84 Å². The molecule has 0 bridgehead atoms. The molecular weight excluding hydrogens is 234 g/mol. The van der Waals surface area contributed by atoms with E-state index in [-0.39, 0.29) is 18.2 Å². The Morgan fingerprint density at radius 2 is 2.17 bits per heavy atom. The van der Waals surface area contributed by atoms with Crippen LogP contribution >= 0.6 is 0 Å². The number of aromatic nitrogens is 1. The summed E-state index contributed by atoms with van der Waals surface area (Å²) in [6.07, 6.45) is 1.74. The number of nitrogens with one attached hydrogen (secondary N) is 3. The Labute approximate surface area is 105 Å². The maximum Gasteiger partial charge on any atom is 0.251 e. The molecule has 0 radical (unpaired) electrons. The summed E-state index contributed by atoms with van der Waals surface area (Å²) in [5.74, 6) is 5.25. The highest BCUT2D eigenvalue weighted by molar-refractivity contribution is 5.95. The van der Waals surface area contributed by atoms with Crippen LogP contribution in [0.3, 0.4) is 0 Å². The molecule has 0 unspecified atom stereocenters. The summed E-state index contributed by atoms with van der Waals surface area (Å²) in [6, 6.07) is 3.10. The average molecular weight is 251 g/mol. The molecular formula is C11H17N5O2. The Balaban J connectivity index is 2.42. The molecule has 0 aliphatic carbocycles. The number of nitrogen functional groups attached to an aromatic ring is 1. The lowest BCUT2D eigenvalue weighted by atomic mass is 10.2. The maximum absolute atomic E-state index is 11.7. The van der Waals surface area contributed by atoms with E-state index in [4.69, 9.17) is 5.84 Å². The normalized spacial score (nSPS) is 9.67. The van der Waals surface area contributed by atoms with Gasteiger partial charge < -0.3 is 16.1 Å². The van der Waals surface area contributed by atoms with Crippen LogP contribution in [0.5, 0.6) is 0 Å². The molecule has 0 fully saturated rings. The van der Waals surface area contributed by atoms with Crippen molar-refractivity contribution in [1.29, 1.82) is 0 Å². The van der Waals surface area contributed by atoms with E-state index in [2.05, 4.69) is 21.0 Å². The predicted molar refractivity (Wildman–Crippen MR) is 67.7 cm³/mol. The fourth-order valence-electron chi connectivity index (χ4n) is 1.33. The zero-order valence-corrected chi connectivity index (χ0v) is 10.2. The summed E-state index contributed by atoms with van der Waals surface area (Å²) < 4.78 is 0. The fraction of sp³-hybridized carbons (Fsp3) is 0.364. The second kappa shape index (κ2) is 7.23. The van der Waals surface area contributed by atoms with Crippen molar-refractivity contribution in [3.05, 3.63) is 23.9 Å². The van der Waals surface area contributed by atoms with Crippen LogP contribution in [0.25, 0.3) is 0 Å². The summed E-state index contributed by atoms with van der Waals surface area (Å²) in [7, 11) is 0. The number of anilines is 1. The van der Waals surface area contributed by atoms with Gasteiger partial charge in [0.05, 0.1) is 0 Å². The van der Waals surface area contributed by atoms with Crippen molar-refractivity contribution >= 4 is 17.6 Å². The summed E-state index contributed by atoms with van der Waals surface area (Å²) in [5, 5.41) is 5.29. The summed E-state index contributed by atoms with van der Waals surface area (Å²) in [6.45, 7) is 2.72. The first-order chi connectivity index (χ1) is 8.67. The number of hydrogen-bond acceptors (Lipinski definition) is 5.